The minimum absolute atomic E-state index is 0.202. The van der Waals surface area contributed by atoms with Gasteiger partial charge in [-0.1, -0.05) is 37.3 Å². The monoisotopic (exact) mass is 308 g/mol. The molecule has 1 aromatic rings. The Kier molecular flexibility index (Phi) is 4.33. The van der Waals surface area contributed by atoms with Crippen molar-refractivity contribution >= 4 is 9.84 Å². The Balaban J connectivity index is 1.76. The molecule has 2 aliphatic rings. The lowest BCUT2D eigenvalue weighted by atomic mass is 9.98. The van der Waals surface area contributed by atoms with E-state index in [9.17, 15) is 8.42 Å². The zero-order valence-electron chi connectivity index (χ0n) is 12.5. The van der Waals surface area contributed by atoms with Gasteiger partial charge in [0.1, 0.15) is 0 Å². The van der Waals surface area contributed by atoms with E-state index in [4.69, 9.17) is 0 Å². The molecule has 0 aromatic heterocycles. The highest BCUT2D eigenvalue weighted by Crippen LogP contribution is 2.27. The van der Waals surface area contributed by atoms with Crippen molar-refractivity contribution in [3.05, 3.63) is 35.9 Å². The molecule has 3 atom stereocenters. The van der Waals surface area contributed by atoms with Crippen LogP contribution in [-0.4, -0.2) is 50.0 Å². The molecule has 0 aliphatic carbocycles. The quantitative estimate of drug-likeness (QED) is 0.921. The highest BCUT2D eigenvalue weighted by Gasteiger charge is 2.38. The number of nitrogens with one attached hydrogen (secondary N) is 1. The lowest BCUT2D eigenvalue weighted by Crippen LogP contribution is -2.56. The van der Waals surface area contributed by atoms with E-state index in [-0.39, 0.29) is 6.04 Å². The van der Waals surface area contributed by atoms with Gasteiger partial charge in [0.25, 0.3) is 0 Å². The van der Waals surface area contributed by atoms with Crippen LogP contribution < -0.4 is 5.32 Å². The van der Waals surface area contributed by atoms with Gasteiger partial charge in [0.15, 0.2) is 9.84 Å². The summed E-state index contributed by atoms with van der Waals surface area (Å²) in [6, 6.07) is 11.4. The number of hydrogen-bond acceptors (Lipinski definition) is 4. The van der Waals surface area contributed by atoms with Gasteiger partial charge in [-0.2, -0.15) is 0 Å². The van der Waals surface area contributed by atoms with Crippen molar-refractivity contribution < 1.29 is 8.42 Å². The van der Waals surface area contributed by atoms with E-state index in [0.717, 1.165) is 25.9 Å². The summed E-state index contributed by atoms with van der Waals surface area (Å²) in [5, 5.41) is 3.62. The Hall–Kier alpha value is -0.910. The van der Waals surface area contributed by atoms with E-state index in [1.54, 1.807) is 0 Å². The Morgan fingerprint density at radius 1 is 1.29 bits per heavy atom. The average Bonchev–Trinajstić information content (AvgIpc) is 2.87. The molecular weight excluding hydrogens is 284 g/mol. The second-order valence-corrected chi connectivity index (χ2v) is 8.42. The van der Waals surface area contributed by atoms with E-state index in [1.807, 2.05) is 6.07 Å². The van der Waals surface area contributed by atoms with Gasteiger partial charge in [-0.05, 0) is 18.4 Å². The third kappa shape index (κ3) is 3.30. The number of nitrogens with zero attached hydrogens (tertiary/aromatic N) is 1. The molecule has 1 N–H and O–H groups in total. The van der Waals surface area contributed by atoms with Crippen LogP contribution in [0.3, 0.4) is 0 Å². The summed E-state index contributed by atoms with van der Waals surface area (Å²) in [5.74, 6) is 0.693. The van der Waals surface area contributed by atoms with Gasteiger partial charge < -0.3 is 5.32 Å². The zero-order valence-corrected chi connectivity index (χ0v) is 13.3. The van der Waals surface area contributed by atoms with Crippen molar-refractivity contribution in [2.45, 2.75) is 37.9 Å². The predicted octanol–water partition coefficient (Wildman–Crippen LogP) is 1.60. The molecule has 0 radical (unpaired) electrons. The number of benzene rings is 1. The smallest absolute Gasteiger partial charge is 0.151 e. The first kappa shape index (κ1) is 15.0. The summed E-state index contributed by atoms with van der Waals surface area (Å²) in [6.07, 6.45) is 1.85. The minimum atomic E-state index is -2.82. The van der Waals surface area contributed by atoms with Crippen molar-refractivity contribution in [1.29, 1.82) is 0 Å². The molecule has 0 spiro atoms. The van der Waals surface area contributed by atoms with Crippen LogP contribution in [0.1, 0.15) is 31.4 Å². The Morgan fingerprint density at radius 3 is 2.67 bits per heavy atom. The fourth-order valence-electron chi connectivity index (χ4n) is 3.59. The van der Waals surface area contributed by atoms with Crippen molar-refractivity contribution in [1.82, 2.24) is 10.2 Å². The second-order valence-electron chi connectivity index (χ2n) is 6.19. The SMILES string of the molecule is CCC1CNC(c2ccccc2)CN1C1CCS(=O)(=O)C1. The van der Waals surface area contributed by atoms with Gasteiger partial charge in [0, 0.05) is 31.2 Å². The lowest BCUT2D eigenvalue weighted by Gasteiger charge is -2.43. The number of sulfone groups is 1. The molecule has 1 aromatic carbocycles. The van der Waals surface area contributed by atoms with Crippen LogP contribution in [0.25, 0.3) is 0 Å². The van der Waals surface area contributed by atoms with E-state index in [2.05, 4.69) is 41.4 Å². The maximum atomic E-state index is 11.8. The van der Waals surface area contributed by atoms with Crippen LogP contribution in [0, 0.1) is 0 Å². The summed E-state index contributed by atoms with van der Waals surface area (Å²) in [6.45, 7) is 4.03. The first-order valence-corrected chi connectivity index (χ1v) is 9.65. The molecular formula is C16H24N2O2S. The molecule has 3 rings (SSSR count). The van der Waals surface area contributed by atoms with Crippen LogP contribution in [-0.2, 0) is 9.84 Å². The molecule has 0 amide bonds. The third-order valence-electron chi connectivity index (χ3n) is 4.81. The first-order chi connectivity index (χ1) is 10.1. The average molecular weight is 308 g/mol. The molecule has 0 bridgehead atoms. The van der Waals surface area contributed by atoms with Crippen LogP contribution in [0.4, 0.5) is 0 Å². The molecule has 2 saturated heterocycles. The van der Waals surface area contributed by atoms with Gasteiger partial charge in [-0.25, -0.2) is 8.42 Å². The Morgan fingerprint density at radius 2 is 2.05 bits per heavy atom. The summed E-state index contributed by atoms with van der Waals surface area (Å²) in [5.41, 5.74) is 1.29. The molecule has 0 saturated carbocycles. The van der Waals surface area contributed by atoms with E-state index in [1.165, 1.54) is 5.56 Å². The second kappa shape index (κ2) is 6.07. The molecule has 5 heteroatoms. The van der Waals surface area contributed by atoms with Crippen LogP contribution >= 0.6 is 0 Å². The predicted molar refractivity (Wildman–Crippen MR) is 85.0 cm³/mol. The van der Waals surface area contributed by atoms with Crippen LogP contribution in [0.2, 0.25) is 0 Å². The van der Waals surface area contributed by atoms with E-state index < -0.39 is 9.84 Å². The van der Waals surface area contributed by atoms with E-state index >= 15 is 0 Å². The highest BCUT2D eigenvalue weighted by atomic mass is 32.2. The summed E-state index contributed by atoms with van der Waals surface area (Å²) in [4.78, 5) is 2.44. The molecule has 116 valence electrons. The van der Waals surface area contributed by atoms with Gasteiger partial charge in [0.05, 0.1) is 11.5 Å². The molecule has 2 aliphatic heterocycles. The van der Waals surface area contributed by atoms with E-state index in [0.29, 0.717) is 23.6 Å². The third-order valence-corrected chi connectivity index (χ3v) is 6.56. The van der Waals surface area contributed by atoms with Crippen LogP contribution in [0.15, 0.2) is 30.3 Å². The number of hydrogen-bond donors (Lipinski definition) is 1. The van der Waals surface area contributed by atoms with Gasteiger partial charge in [-0.3, -0.25) is 4.90 Å². The molecule has 3 unspecified atom stereocenters. The Labute approximate surface area is 127 Å². The van der Waals surface area contributed by atoms with Crippen molar-refractivity contribution in [2.75, 3.05) is 24.6 Å². The molecule has 2 fully saturated rings. The fraction of sp³-hybridized carbons (Fsp3) is 0.625. The van der Waals surface area contributed by atoms with Gasteiger partial charge >= 0.3 is 0 Å². The lowest BCUT2D eigenvalue weighted by molar-refractivity contribution is 0.0890. The van der Waals surface area contributed by atoms with Crippen molar-refractivity contribution in [2.24, 2.45) is 0 Å². The topological polar surface area (TPSA) is 49.4 Å². The molecule has 2 heterocycles. The standard InChI is InChI=1S/C16H24N2O2S/c1-2-14-10-17-16(13-6-4-3-5-7-13)11-18(14)15-8-9-21(19,20)12-15/h3-7,14-17H,2,8-12H2,1H3. The summed E-state index contributed by atoms with van der Waals surface area (Å²) < 4.78 is 23.6. The minimum Gasteiger partial charge on any atom is -0.307 e. The number of piperazine rings is 1. The Bertz CT molecular complexity index is 573. The van der Waals surface area contributed by atoms with Crippen LogP contribution in [0.5, 0.6) is 0 Å². The highest BCUT2D eigenvalue weighted by molar-refractivity contribution is 7.91. The number of rotatable bonds is 3. The summed E-state index contributed by atoms with van der Waals surface area (Å²) >= 11 is 0. The molecule has 4 nitrogen and oxygen atoms in total. The van der Waals surface area contributed by atoms with Crippen molar-refractivity contribution in [3.63, 3.8) is 0 Å². The maximum absolute atomic E-state index is 11.8. The van der Waals surface area contributed by atoms with Crippen molar-refractivity contribution in [3.8, 4) is 0 Å². The summed E-state index contributed by atoms with van der Waals surface area (Å²) in [7, 11) is -2.82. The fourth-order valence-corrected chi connectivity index (χ4v) is 5.33. The largest absolute Gasteiger partial charge is 0.307 e. The zero-order chi connectivity index (χ0) is 14.9. The van der Waals surface area contributed by atoms with Gasteiger partial charge in [-0.15, -0.1) is 0 Å². The van der Waals surface area contributed by atoms with Gasteiger partial charge in [0.2, 0.25) is 0 Å². The normalized spacial score (nSPS) is 33.1. The first-order valence-electron chi connectivity index (χ1n) is 7.83. The maximum Gasteiger partial charge on any atom is 0.151 e. The molecule has 21 heavy (non-hydrogen) atoms.